The Balaban J connectivity index is 0.891. The molecule has 0 aliphatic heterocycles. The van der Waals surface area contributed by atoms with Crippen LogP contribution in [0.15, 0.2) is 235 Å². The average Bonchev–Trinajstić information content (AvgIpc) is 4.19. The predicted octanol–water partition coefficient (Wildman–Crippen LogP) is 16.8. The summed E-state index contributed by atoms with van der Waals surface area (Å²) in [4.78, 5) is 20.9. The van der Waals surface area contributed by atoms with Crippen molar-refractivity contribution in [2.24, 2.45) is 0 Å². The molecule has 74 heavy (non-hydrogen) atoms. The first-order valence-electron chi connectivity index (χ1n) is 25.1. The number of imidazole rings is 1. The molecule has 1 aliphatic carbocycles. The second-order valence-electron chi connectivity index (χ2n) is 19.8. The minimum absolute atomic E-state index is 0.119. The maximum atomic E-state index is 6.66. The number of rotatable bonds is 7. The fourth-order valence-corrected chi connectivity index (χ4v) is 11.6. The summed E-state index contributed by atoms with van der Waals surface area (Å²) >= 11 is 0. The molecule has 0 atom stereocenters. The number of aromatic nitrogens is 6. The van der Waals surface area contributed by atoms with Gasteiger partial charge in [0, 0.05) is 60.6 Å². The van der Waals surface area contributed by atoms with E-state index in [0.29, 0.717) is 17.5 Å². The van der Waals surface area contributed by atoms with Crippen LogP contribution in [0.1, 0.15) is 25.0 Å². The molecule has 14 aromatic rings. The molecular formula is C67H44N6O. The molecule has 7 heteroatoms. The summed E-state index contributed by atoms with van der Waals surface area (Å²) in [5, 5.41) is 4.37. The third-order valence-electron chi connectivity index (χ3n) is 15.2. The molecule has 0 amide bonds. The third-order valence-corrected chi connectivity index (χ3v) is 15.2. The topological polar surface area (TPSA) is 74.6 Å². The van der Waals surface area contributed by atoms with Crippen LogP contribution in [0.3, 0.4) is 0 Å². The van der Waals surface area contributed by atoms with Gasteiger partial charge in [0.2, 0.25) is 0 Å². The number of benzene rings is 10. The van der Waals surface area contributed by atoms with Gasteiger partial charge < -0.3 is 8.98 Å². The summed E-state index contributed by atoms with van der Waals surface area (Å²) in [5.74, 6) is 2.53. The van der Waals surface area contributed by atoms with Crippen LogP contribution < -0.4 is 0 Å². The molecule has 0 unspecified atom stereocenters. The lowest BCUT2D eigenvalue weighted by Gasteiger charge is -2.21. The molecule has 348 valence electrons. The van der Waals surface area contributed by atoms with Crippen molar-refractivity contribution >= 4 is 54.8 Å². The smallest absolute Gasteiger partial charge is 0.164 e. The highest BCUT2D eigenvalue weighted by atomic mass is 16.3. The molecule has 1 aliphatic rings. The van der Waals surface area contributed by atoms with Crippen LogP contribution in [-0.2, 0) is 5.41 Å². The second-order valence-corrected chi connectivity index (χ2v) is 19.8. The van der Waals surface area contributed by atoms with Gasteiger partial charge in [-0.25, -0.2) is 19.9 Å². The van der Waals surface area contributed by atoms with Crippen LogP contribution in [0, 0.1) is 0 Å². The molecule has 0 radical (unpaired) electrons. The van der Waals surface area contributed by atoms with E-state index >= 15 is 0 Å². The van der Waals surface area contributed by atoms with E-state index in [-0.39, 0.29) is 5.41 Å². The number of hydrogen-bond acceptors (Lipinski definition) is 5. The molecule has 0 N–H and O–H groups in total. The number of nitrogens with zero attached hydrogens (tertiary/aromatic N) is 6. The predicted molar refractivity (Wildman–Crippen MR) is 301 cm³/mol. The van der Waals surface area contributed by atoms with Crippen molar-refractivity contribution in [2.75, 3.05) is 0 Å². The molecule has 0 fully saturated rings. The number of hydrogen-bond donors (Lipinski definition) is 0. The SMILES string of the molecule is CC1(C)c2ccccc2-c2cc3c4cc(-c5ccc6oc7cccc(-c8nc(-c9ccccc9)nc(-c9cccc(-c%10nc%11ccccc%11n%10-c%10ccccc%10)c9)n8)c7c6c5)ccc4n(-c4ccccc4)c3cc21. The molecule has 0 saturated heterocycles. The summed E-state index contributed by atoms with van der Waals surface area (Å²) in [6, 6.07) is 81.2. The van der Waals surface area contributed by atoms with Crippen LogP contribution in [0.25, 0.3) is 134 Å². The van der Waals surface area contributed by atoms with Gasteiger partial charge in [0.1, 0.15) is 17.0 Å². The van der Waals surface area contributed by atoms with Crippen LogP contribution in [0.5, 0.6) is 0 Å². The van der Waals surface area contributed by atoms with E-state index in [2.05, 4.69) is 199 Å². The van der Waals surface area contributed by atoms with Crippen molar-refractivity contribution in [3.05, 3.63) is 242 Å². The van der Waals surface area contributed by atoms with E-state index in [0.717, 1.165) is 83.6 Å². The van der Waals surface area contributed by atoms with Gasteiger partial charge in [-0.3, -0.25) is 4.57 Å². The number of para-hydroxylation sites is 4. The standard InChI is InChI=1S/C67H44N6O/c1-67(2)54-28-13-12-26-48(54)50-39-52-51-37-42(32-34-57(51)72(59(52)40-55(50)67)46-22-8-4-9-23-46)43-33-35-60-53(38-43)62-49(27-17-31-61(62)74-60)65-70-63(41-18-6-3-7-19-41)69-64(71-65)44-20-16-21-45(36-44)66-68-56-29-14-15-30-58(56)73(66)47-24-10-5-11-25-47/h3-40H,1-2H3. The van der Waals surface area contributed by atoms with Gasteiger partial charge in [-0.05, 0) is 118 Å². The van der Waals surface area contributed by atoms with Crippen LogP contribution in [-0.4, -0.2) is 29.1 Å². The Labute approximate surface area is 426 Å². The van der Waals surface area contributed by atoms with Crippen molar-refractivity contribution in [3.8, 4) is 79.2 Å². The first kappa shape index (κ1) is 42.0. The van der Waals surface area contributed by atoms with Crippen molar-refractivity contribution in [3.63, 3.8) is 0 Å². The lowest BCUT2D eigenvalue weighted by molar-refractivity contribution is 0.661. The van der Waals surface area contributed by atoms with Crippen molar-refractivity contribution in [2.45, 2.75) is 19.3 Å². The summed E-state index contributed by atoms with van der Waals surface area (Å²) < 4.78 is 11.3. The maximum absolute atomic E-state index is 6.66. The Morgan fingerprint density at radius 1 is 0.351 bits per heavy atom. The summed E-state index contributed by atoms with van der Waals surface area (Å²) in [5.41, 5.74) is 19.0. The molecule has 0 saturated carbocycles. The lowest BCUT2D eigenvalue weighted by atomic mass is 9.82. The quantitative estimate of drug-likeness (QED) is 0.159. The molecular weight excluding hydrogens is 905 g/mol. The Kier molecular flexibility index (Phi) is 9.17. The van der Waals surface area contributed by atoms with Gasteiger partial charge >= 0.3 is 0 Å². The minimum atomic E-state index is -0.119. The van der Waals surface area contributed by atoms with Crippen LogP contribution in [0.2, 0.25) is 0 Å². The Bertz CT molecular complexity index is 4570. The van der Waals surface area contributed by atoms with E-state index in [1.165, 1.54) is 44.1 Å². The largest absolute Gasteiger partial charge is 0.456 e. The van der Waals surface area contributed by atoms with E-state index in [1.807, 2.05) is 54.6 Å². The highest BCUT2D eigenvalue weighted by molar-refractivity contribution is 6.15. The number of fused-ring (bicyclic) bond motifs is 10. The Morgan fingerprint density at radius 2 is 0.959 bits per heavy atom. The van der Waals surface area contributed by atoms with Gasteiger partial charge in [-0.1, -0.05) is 159 Å². The number of furan rings is 1. The first-order chi connectivity index (χ1) is 36.4. The summed E-state index contributed by atoms with van der Waals surface area (Å²) in [6.45, 7) is 4.70. The Morgan fingerprint density at radius 3 is 1.77 bits per heavy atom. The van der Waals surface area contributed by atoms with Crippen molar-refractivity contribution in [1.82, 2.24) is 29.1 Å². The normalized spacial score (nSPS) is 12.8. The highest BCUT2D eigenvalue weighted by Crippen LogP contribution is 2.51. The fourth-order valence-electron chi connectivity index (χ4n) is 11.6. The Hall–Kier alpha value is -9.72. The van der Waals surface area contributed by atoms with Crippen LogP contribution >= 0.6 is 0 Å². The maximum Gasteiger partial charge on any atom is 0.164 e. The van der Waals surface area contributed by atoms with Crippen LogP contribution in [0.4, 0.5) is 0 Å². The van der Waals surface area contributed by atoms with E-state index in [1.54, 1.807) is 0 Å². The molecule has 4 aromatic heterocycles. The zero-order valence-electron chi connectivity index (χ0n) is 40.5. The highest BCUT2D eigenvalue weighted by Gasteiger charge is 2.36. The zero-order valence-corrected chi connectivity index (χ0v) is 40.5. The fraction of sp³-hybridized carbons (Fsp3) is 0.0448. The molecule has 10 aromatic carbocycles. The minimum Gasteiger partial charge on any atom is -0.456 e. The van der Waals surface area contributed by atoms with Gasteiger partial charge in [0.15, 0.2) is 17.5 Å². The average molecular weight is 949 g/mol. The molecule has 15 rings (SSSR count). The third kappa shape index (κ3) is 6.46. The van der Waals surface area contributed by atoms with E-state index in [9.17, 15) is 0 Å². The summed E-state index contributed by atoms with van der Waals surface area (Å²) in [6.07, 6.45) is 0. The summed E-state index contributed by atoms with van der Waals surface area (Å²) in [7, 11) is 0. The molecule has 4 heterocycles. The van der Waals surface area contributed by atoms with Crippen molar-refractivity contribution in [1.29, 1.82) is 0 Å². The van der Waals surface area contributed by atoms with Gasteiger partial charge in [0.25, 0.3) is 0 Å². The van der Waals surface area contributed by atoms with Crippen molar-refractivity contribution < 1.29 is 4.42 Å². The van der Waals surface area contributed by atoms with Gasteiger partial charge in [-0.15, -0.1) is 0 Å². The van der Waals surface area contributed by atoms with Gasteiger partial charge in [-0.2, -0.15) is 0 Å². The second kappa shape index (κ2) is 16.2. The molecule has 0 bridgehead atoms. The lowest BCUT2D eigenvalue weighted by Crippen LogP contribution is -2.14. The first-order valence-corrected chi connectivity index (χ1v) is 25.1. The molecule has 7 nitrogen and oxygen atoms in total. The zero-order chi connectivity index (χ0) is 49.1. The monoisotopic (exact) mass is 948 g/mol. The molecule has 0 spiro atoms. The van der Waals surface area contributed by atoms with E-state index in [4.69, 9.17) is 24.4 Å². The van der Waals surface area contributed by atoms with E-state index < -0.39 is 0 Å². The van der Waals surface area contributed by atoms with Gasteiger partial charge in [0.05, 0.1) is 22.1 Å².